The highest BCUT2D eigenvalue weighted by molar-refractivity contribution is 5.39. The molecule has 0 aliphatic carbocycles. The molecule has 0 fully saturated rings. The molecule has 0 unspecified atom stereocenters. The summed E-state index contributed by atoms with van der Waals surface area (Å²) >= 11 is 0. The highest BCUT2D eigenvalue weighted by Gasteiger charge is 2.11. The molecule has 0 aromatic heterocycles. The van der Waals surface area contributed by atoms with E-state index in [-0.39, 0.29) is 10.6 Å². The van der Waals surface area contributed by atoms with E-state index in [0.717, 1.165) is 12.1 Å². The van der Waals surface area contributed by atoms with E-state index in [4.69, 9.17) is 4.74 Å². The van der Waals surface area contributed by atoms with Gasteiger partial charge in [-0.1, -0.05) is 18.2 Å². The molecule has 0 atom stereocenters. The summed E-state index contributed by atoms with van der Waals surface area (Å²) in [6, 6.07) is 6.75. The Labute approximate surface area is 94.6 Å². The average molecular weight is 224 g/mol. The first-order valence-corrected chi connectivity index (χ1v) is 5.20. The van der Waals surface area contributed by atoms with Gasteiger partial charge in [0.2, 0.25) is 0 Å². The number of para-hydroxylation sites is 1. The highest BCUT2D eigenvalue weighted by atomic mass is 16.6. The predicted molar refractivity (Wildman–Crippen MR) is 61.5 cm³/mol. The van der Waals surface area contributed by atoms with E-state index in [0.29, 0.717) is 19.6 Å². The maximum atomic E-state index is 10.7. The van der Waals surface area contributed by atoms with Crippen LogP contribution >= 0.6 is 0 Å². The number of benzene rings is 1. The summed E-state index contributed by atoms with van der Waals surface area (Å²) < 4.78 is 5.33. The van der Waals surface area contributed by atoms with Crippen LogP contribution in [0.2, 0.25) is 0 Å². The smallest absolute Gasteiger partial charge is 0.272 e. The molecule has 5 heteroatoms. The van der Waals surface area contributed by atoms with Gasteiger partial charge in [0.25, 0.3) is 5.69 Å². The fourth-order valence-electron chi connectivity index (χ4n) is 1.36. The van der Waals surface area contributed by atoms with Crippen molar-refractivity contribution in [3.05, 3.63) is 39.9 Å². The summed E-state index contributed by atoms with van der Waals surface area (Å²) in [4.78, 5) is 10.4. The van der Waals surface area contributed by atoms with Crippen molar-refractivity contribution in [1.82, 2.24) is 5.32 Å². The summed E-state index contributed by atoms with van der Waals surface area (Å²) in [6.45, 7) is 1.92. The molecular weight excluding hydrogens is 208 g/mol. The Morgan fingerprint density at radius 1 is 1.38 bits per heavy atom. The minimum atomic E-state index is -0.358. The van der Waals surface area contributed by atoms with Crippen molar-refractivity contribution in [2.45, 2.75) is 6.42 Å². The lowest BCUT2D eigenvalue weighted by molar-refractivity contribution is -0.385. The number of nitro benzene ring substituents is 1. The maximum absolute atomic E-state index is 10.7. The largest absolute Gasteiger partial charge is 0.380 e. The predicted octanol–water partition coefficient (Wildman–Crippen LogP) is 1.37. The van der Waals surface area contributed by atoms with Crippen LogP contribution in [-0.4, -0.2) is 31.7 Å². The van der Waals surface area contributed by atoms with Crippen molar-refractivity contribution < 1.29 is 9.66 Å². The molecule has 1 rings (SSSR count). The van der Waals surface area contributed by atoms with Crippen LogP contribution in [0.1, 0.15) is 5.56 Å². The zero-order chi connectivity index (χ0) is 11.8. The van der Waals surface area contributed by atoms with Crippen LogP contribution in [0.25, 0.3) is 0 Å². The number of rotatable bonds is 7. The first-order chi connectivity index (χ1) is 7.75. The number of nitrogens with one attached hydrogen (secondary N) is 1. The molecule has 88 valence electrons. The van der Waals surface area contributed by atoms with Gasteiger partial charge in [0.15, 0.2) is 0 Å². The lowest BCUT2D eigenvalue weighted by Gasteiger charge is -2.04. The quantitative estimate of drug-likeness (QED) is 0.431. The molecule has 1 N–H and O–H groups in total. The maximum Gasteiger partial charge on any atom is 0.272 e. The monoisotopic (exact) mass is 224 g/mol. The Hall–Kier alpha value is -1.46. The van der Waals surface area contributed by atoms with Crippen LogP contribution in [0.15, 0.2) is 24.3 Å². The van der Waals surface area contributed by atoms with Gasteiger partial charge in [-0.2, -0.15) is 0 Å². The zero-order valence-corrected chi connectivity index (χ0v) is 9.31. The van der Waals surface area contributed by atoms with Crippen molar-refractivity contribution in [3.8, 4) is 0 Å². The fourth-order valence-corrected chi connectivity index (χ4v) is 1.36. The first kappa shape index (κ1) is 12.6. The van der Waals surface area contributed by atoms with Crippen LogP contribution in [0.4, 0.5) is 5.69 Å². The number of likely N-dealkylation sites (N-methyl/N-ethyl adjacent to an activating group) is 1. The number of nitrogens with zero attached hydrogens (tertiary/aromatic N) is 1. The second-order valence-corrected chi connectivity index (χ2v) is 3.35. The van der Waals surface area contributed by atoms with Crippen LogP contribution in [0.3, 0.4) is 0 Å². The van der Waals surface area contributed by atoms with E-state index in [1.54, 1.807) is 18.2 Å². The summed E-state index contributed by atoms with van der Waals surface area (Å²) in [5.74, 6) is 0. The van der Waals surface area contributed by atoms with Gasteiger partial charge in [-0.15, -0.1) is 0 Å². The Morgan fingerprint density at radius 2 is 2.12 bits per heavy atom. The molecule has 1 aromatic rings. The Morgan fingerprint density at radius 3 is 2.81 bits per heavy atom. The van der Waals surface area contributed by atoms with Gasteiger partial charge in [-0.3, -0.25) is 10.1 Å². The van der Waals surface area contributed by atoms with Gasteiger partial charge in [0.1, 0.15) is 0 Å². The Balaban J connectivity index is 2.44. The summed E-state index contributed by atoms with van der Waals surface area (Å²) in [6.07, 6.45) is 0.570. The molecule has 0 aliphatic rings. The lowest BCUT2D eigenvalue weighted by Crippen LogP contribution is -2.15. The second kappa shape index (κ2) is 6.92. The number of hydrogen-bond acceptors (Lipinski definition) is 4. The topological polar surface area (TPSA) is 64.4 Å². The van der Waals surface area contributed by atoms with Gasteiger partial charge in [-0.05, 0) is 7.05 Å². The third-order valence-electron chi connectivity index (χ3n) is 2.20. The van der Waals surface area contributed by atoms with Crippen molar-refractivity contribution in [3.63, 3.8) is 0 Å². The number of nitro groups is 1. The van der Waals surface area contributed by atoms with Crippen molar-refractivity contribution in [2.75, 3.05) is 26.8 Å². The molecule has 0 heterocycles. The molecule has 0 amide bonds. The van der Waals surface area contributed by atoms with Crippen LogP contribution in [0.5, 0.6) is 0 Å². The molecule has 0 bridgehead atoms. The Kier molecular flexibility index (Phi) is 5.45. The van der Waals surface area contributed by atoms with E-state index in [9.17, 15) is 10.1 Å². The van der Waals surface area contributed by atoms with Crippen molar-refractivity contribution >= 4 is 5.69 Å². The van der Waals surface area contributed by atoms with Crippen LogP contribution < -0.4 is 5.32 Å². The van der Waals surface area contributed by atoms with E-state index in [1.165, 1.54) is 6.07 Å². The molecule has 0 aliphatic heterocycles. The molecule has 0 saturated heterocycles. The van der Waals surface area contributed by atoms with Gasteiger partial charge in [-0.25, -0.2) is 0 Å². The molecule has 1 aromatic carbocycles. The van der Waals surface area contributed by atoms with Gasteiger partial charge in [0.05, 0.1) is 18.1 Å². The standard InChI is InChI=1S/C11H16N2O3/c1-12-7-9-16-8-6-10-4-2-3-5-11(10)13(14)15/h2-5,12H,6-9H2,1H3. The highest BCUT2D eigenvalue weighted by Crippen LogP contribution is 2.17. The molecule has 0 spiro atoms. The SMILES string of the molecule is CNCCOCCc1ccccc1[N+](=O)[O-]. The zero-order valence-electron chi connectivity index (χ0n) is 9.31. The van der Waals surface area contributed by atoms with Gasteiger partial charge >= 0.3 is 0 Å². The van der Waals surface area contributed by atoms with E-state index in [1.807, 2.05) is 7.05 Å². The van der Waals surface area contributed by atoms with Gasteiger partial charge in [0, 0.05) is 24.6 Å². The third kappa shape index (κ3) is 3.96. The summed E-state index contributed by atoms with van der Waals surface area (Å²) in [5.41, 5.74) is 0.886. The van der Waals surface area contributed by atoms with Crippen LogP contribution in [-0.2, 0) is 11.2 Å². The fraction of sp³-hybridized carbons (Fsp3) is 0.455. The van der Waals surface area contributed by atoms with Crippen molar-refractivity contribution in [1.29, 1.82) is 0 Å². The molecule has 0 radical (unpaired) electrons. The number of ether oxygens (including phenoxy) is 1. The van der Waals surface area contributed by atoms with E-state index < -0.39 is 0 Å². The minimum absolute atomic E-state index is 0.166. The second-order valence-electron chi connectivity index (χ2n) is 3.35. The van der Waals surface area contributed by atoms with Crippen LogP contribution in [0, 0.1) is 10.1 Å². The molecule has 5 nitrogen and oxygen atoms in total. The molecule has 0 saturated carbocycles. The normalized spacial score (nSPS) is 10.3. The molecule has 16 heavy (non-hydrogen) atoms. The summed E-state index contributed by atoms with van der Waals surface area (Å²) in [5, 5.41) is 13.7. The average Bonchev–Trinajstić information content (AvgIpc) is 2.29. The summed E-state index contributed by atoms with van der Waals surface area (Å²) in [7, 11) is 1.85. The van der Waals surface area contributed by atoms with Gasteiger partial charge < -0.3 is 10.1 Å². The number of hydrogen-bond donors (Lipinski definition) is 1. The van der Waals surface area contributed by atoms with E-state index >= 15 is 0 Å². The van der Waals surface area contributed by atoms with E-state index in [2.05, 4.69) is 5.32 Å². The lowest BCUT2D eigenvalue weighted by atomic mass is 10.1. The minimum Gasteiger partial charge on any atom is -0.380 e. The first-order valence-electron chi connectivity index (χ1n) is 5.20. The Bertz CT molecular complexity index is 342. The molecular formula is C11H16N2O3. The van der Waals surface area contributed by atoms with Crippen molar-refractivity contribution in [2.24, 2.45) is 0 Å². The third-order valence-corrected chi connectivity index (χ3v) is 2.20.